The van der Waals surface area contributed by atoms with Crippen LogP contribution in [0.25, 0.3) is 0 Å². The first-order valence-corrected chi connectivity index (χ1v) is 8.58. The monoisotopic (exact) mass is 313 g/mol. The lowest BCUT2D eigenvalue weighted by Crippen LogP contribution is -2.44. The first kappa shape index (κ1) is 14.7. The van der Waals surface area contributed by atoms with Gasteiger partial charge in [-0.15, -0.1) is 0 Å². The molecule has 3 heterocycles. The van der Waals surface area contributed by atoms with Crippen molar-refractivity contribution in [3.63, 3.8) is 0 Å². The smallest absolute Gasteiger partial charge is 0.253 e. The van der Waals surface area contributed by atoms with Gasteiger partial charge in [-0.1, -0.05) is 0 Å². The van der Waals surface area contributed by atoms with Crippen molar-refractivity contribution < 1.29 is 9.59 Å². The third kappa shape index (κ3) is 2.74. The molecule has 1 aromatic carbocycles. The number of aryl methyl sites for hydroxylation is 1. The number of carbonyl (C=O) groups is 2. The van der Waals surface area contributed by atoms with E-state index >= 15 is 0 Å². The van der Waals surface area contributed by atoms with Crippen LogP contribution >= 0.6 is 0 Å². The van der Waals surface area contributed by atoms with Crippen molar-refractivity contribution in [3.8, 4) is 0 Å². The molecule has 0 bridgehead atoms. The molecule has 0 aromatic heterocycles. The van der Waals surface area contributed by atoms with Crippen LogP contribution in [0.2, 0.25) is 0 Å². The zero-order chi connectivity index (χ0) is 15.9. The van der Waals surface area contributed by atoms with Gasteiger partial charge in [0.25, 0.3) is 5.91 Å². The minimum absolute atomic E-state index is 0.0584. The number of nitrogens with one attached hydrogen (secondary N) is 2. The van der Waals surface area contributed by atoms with Gasteiger partial charge in [-0.05, 0) is 61.4 Å². The number of amides is 2. The molecule has 0 saturated carbocycles. The van der Waals surface area contributed by atoms with Crippen LogP contribution in [0.15, 0.2) is 18.2 Å². The standard InChI is InChI=1S/C18H23N3O2/c22-16-4-2-13-11-14(1-3-15(13)20-16)17(23)21-9-6-18(7-10-21)5-8-19-12-18/h1,3,11,19H,2,4-10,12H2,(H,20,22). The van der Waals surface area contributed by atoms with E-state index in [0.717, 1.165) is 62.3 Å². The van der Waals surface area contributed by atoms with E-state index in [1.165, 1.54) is 6.42 Å². The van der Waals surface area contributed by atoms with Crippen molar-refractivity contribution >= 4 is 17.5 Å². The number of benzene rings is 1. The maximum absolute atomic E-state index is 12.8. The Morgan fingerprint density at radius 2 is 1.96 bits per heavy atom. The minimum Gasteiger partial charge on any atom is -0.339 e. The first-order chi connectivity index (χ1) is 11.2. The number of carbonyl (C=O) groups excluding carboxylic acids is 2. The number of rotatable bonds is 1. The number of piperidine rings is 1. The van der Waals surface area contributed by atoms with Crippen molar-refractivity contribution in [2.24, 2.45) is 5.41 Å². The van der Waals surface area contributed by atoms with E-state index in [4.69, 9.17) is 0 Å². The fraction of sp³-hybridized carbons (Fsp3) is 0.556. The van der Waals surface area contributed by atoms with Gasteiger partial charge < -0.3 is 15.5 Å². The van der Waals surface area contributed by atoms with E-state index in [0.29, 0.717) is 11.8 Å². The Kier molecular flexibility index (Phi) is 3.60. The Bertz CT molecular complexity index is 640. The van der Waals surface area contributed by atoms with Crippen molar-refractivity contribution in [3.05, 3.63) is 29.3 Å². The normalized spacial score (nSPS) is 22.8. The van der Waals surface area contributed by atoms with E-state index in [2.05, 4.69) is 10.6 Å². The zero-order valence-electron chi connectivity index (χ0n) is 13.4. The molecular formula is C18H23N3O2. The highest BCUT2D eigenvalue weighted by atomic mass is 16.2. The molecule has 4 rings (SSSR count). The molecule has 1 spiro atoms. The summed E-state index contributed by atoms with van der Waals surface area (Å²) in [6.07, 6.45) is 4.67. The van der Waals surface area contributed by atoms with E-state index in [1.807, 2.05) is 23.1 Å². The average molecular weight is 313 g/mol. The molecule has 122 valence electrons. The third-order valence-electron chi connectivity index (χ3n) is 5.69. The predicted molar refractivity (Wildman–Crippen MR) is 88.4 cm³/mol. The Labute approximate surface area is 136 Å². The van der Waals surface area contributed by atoms with Gasteiger partial charge in [0.15, 0.2) is 0 Å². The molecule has 1 aromatic rings. The summed E-state index contributed by atoms with van der Waals surface area (Å²) < 4.78 is 0. The maximum Gasteiger partial charge on any atom is 0.253 e. The summed E-state index contributed by atoms with van der Waals surface area (Å²) in [6.45, 7) is 3.93. The Morgan fingerprint density at radius 3 is 2.70 bits per heavy atom. The lowest BCUT2D eigenvalue weighted by molar-refractivity contribution is -0.116. The Morgan fingerprint density at radius 1 is 1.13 bits per heavy atom. The summed E-state index contributed by atoms with van der Waals surface area (Å²) in [7, 11) is 0. The second kappa shape index (κ2) is 5.64. The van der Waals surface area contributed by atoms with Crippen LogP contribution in [-0.2, 0) is 11.2 Å². The van der Waals surface area contributed by atoms with Crippen LogP contribution in [0.3, 0.4) is 0 Å². The van der Waals surface area contributed by atoms with Gasteiger partial charge in [0.2, 0.25) is 5.91 Å². The molecule has 5 nitrogen and oxygen atoms in total. The fourth-order valence-electron chi connectivity index (χ4n) is 4.11. The molecule has 5 heteroatoms. The Balaban J connectivity index is 1.46. The van der Waals surface area contributed by atoms with Crippen LogP contribution < -0.4 is 10.6 Å². The summed E-state index contributed by atoms with van der Waals surface area (Å²) in [6, 6.07) is 5.67. The zero-order valence-corrected chi connectivity index (χ0v) is 13.4. The van der Waals surface area contributed by atoms with Gasteiger partial charge in [-0.25, -0.2) is 0 Å². The number of hydrogen-bond acceptors (Lipinski definition) is 3. The van der Waals surface area contributed by atoms with E-state index in [1.54, 1.807) is 0 Å². The van der Waals surface area contributed by atoms with Crippen molar-refractivity contribution in [1.82, 2.24) is 10.2 Å². The van der Waals surface area contributed by atoms with Crippen molar-refractivity contribution in [2.45, 2.75) is 32.1 Å². The number of hydrogen-bond donors (Lipinski definition) is 2. The van der Waals surface area contributed by atoms with Crippen LogP contribution in [0.1, 0.15) is 41.6 Å². The molecule has 3 aliphatic rings. The summed E-state index contributed by atoms with van der Waals surface area (Å²) >= 11 is 0. The molecule has 0 atom stereocenters. The van der Waals surface area contributed by atoms with Crippen molar-refractivity contribution in [2.75, 3.05) is 31.5 Å². The van der Waals surface area contributed by atoms with Gasteiger partial charge in [-0.2, -0.15) is 0 Å². The molecule has 2 amide bonds. The molecule has 2 N–H and O–H groups in total. The average Bonchev–Trinajstić information content (AvgIpc) is 3.02. The van der Waals surface area contributed by atoms with E-state index < -0.39 is 0 Å². The largest absolute Gasteiger partial charge is 0.339 e. The molecular weight excluding hydrogens is 290 g/mol. The van der Waals surface area contributed by atoms with Gasteiger partial charge in [-0.3, -0.25) is 9.59 Å². The van der Waals surface area contributed by atoms with Crippen LogP contribution in [0.4, 0.5) is 5.69 Å². The third-order valence-corrected chi connectivity index (χ3v) is 5.69. The molecule has 0 radical (unpaired) electrons. The first-order valence-electron chi connectivity index (χ1n) is 8.58. The van der Waals surface area contributed by atoms with Crippen LogP contribution in [0.5, 0.6) is 0 Å². The molecule has 2 saturated heterocycles. The molecule has 23 heavy (non-hydrogen) atoms. The highest BCUT2D eigenvalue weighted by Crippen LogP contribution is 2.37. The number of nitrogens with zero attached hydrogens (tertiary/aromatic N) is 1. The second-order valence-electron chi connectivity index (χ2n) is 7.14. The van der Waals surface area contributed by atoms with Crippen molar-refractivity contribution in [1.29, 1.82) is 0 Å². The molecule has 0 aliphatic carbocycles. The highest BCUT2D eigenvalue weighted by molar-refractivity contribution is 5.98. The van der Waals surface area contributed by atoms with E-state index in [9.17, 15) is 9.59 Å². The summed E-state index contributed by atoms with van der Waals surface area (Å²) in [5.41, 5.74) is 3.11. The fourth-order valence-corrected chi connectivity index (χ4v) is 4.11. The lowest BCUT2D eigenvalue weighted by Gasteiger charge is -2.39. The topological polar surface area (TPSA) is 61.4 Å². The van der Waals surface area contributed by atoms with Gasteiger partial charge in [0, 0.05) is 37.3 Å². The summed E-state index contributed by atoms with van der Waals surface area (Å²) in [5.74, 6) is 0.189. The van der Waals surface area contributed by atoms with Gasteiger partial charge in [0.05, 0.1) is 0 Å². The minimum atomic E-state index is 0.0584. The SMILES string of the molecule is O=C1CCc2cc(C(=O)N3CCC4(CCNC4)CC3)ccc2N1. The van der Waals surface area contributed by atoms with Gasteiger partial charge in [0.1, 0.15) is 0 Å². The van der Waals surface area contributed by atoms with Gasteiger partial charge >= 0.3 is 0 Å². The van der Waals surface area contributed by atoms with E-state index in [-0.39, 0.29) is 11.8 Å². The number of fused-ring (bicyclic) bond motifs is 1. The van der Waals surface area contributed by atoms with Crippen LogP contribution in [0, 0.1) is 5.41 Å². The predicted octanol–water partition coefficient (Wildman–Crippen LogP) is 1.79. The summed E-state index contributed by atoms with van der Waals surface area (Å²) in [4.78, 5) is 26.2. The molecule has 2 fully saturated rings. The lowest BCUT2D eigenvalue weighted by atomic mass is 9.78. The molecule has 0 unspecified atom stereocenters. The number of likely N-dealkylation sites (tertiary alicyclic amines) is 1. The maximum atomic E-state index is 12.8. The van der Waals surface area contributed by atoms with Crippen LogP contribution in [-0.4, -0.2) is 42.9 Å². The number of anilines is 1. The molecule has 3 aliphatic heterocycles. The quantitative estimate of drug-likeness (QED) is 0.831. The highest BCUT2D eigenvalue weighted by Gasteiger charge is 2.38. The Hall–Kier alpha value is -1.88. The second-order valence-corrected chi connectivity index (χ2v) is 7.14. The summed E-state index contributed by atoms with van der Waals surface area (Å²) in [5, 5.41) is 6.33.